The Morgan fingerprint density at radius 2 is 1.18 bits per heavy atom. The van der Waals surface area contributed by atoms with Crippen LogP contribution in [0.4, 0.5) is 0 Å². The predicted molar refractivity (Wildman–Crippen MR) is 167 cm³/mol. The summed E-state index contributed by atoms with van der Waals surface area (Å²) in [6, 6.07) is 38.9. The fourth-order valence-electron chi connectivity index (χ4n) is 6.83. The molecular formula is C37H34N2O. The van der Waals surface area contributed by atoms with E-state index in [1.807, 2.05) is 0 Å². The molecule has 3 N–H and O–H groups in total. The first-order chi connectivity index (χ1) is 19.7. The van der Waals surface area contributed by atoms with Gasteiger partial charge in [-0.25, -0.2) is 0 Å². The van der Waals surface area contributed by atoms with Gasteiger partial charge in [-0.1, -0.05) is 116 Å². The van der Waals surface area contributed by atoms with E-state index in [0.29, 0.717) is 5.92 Å². The quantitative estimate of drug-likeness (QED) is 0.180. The highest BCUT2D eigenvalue weighted by Crippen LogP contribution is 2.54. The molecule has 6 aromatic rings. The molecule has 7 rings (SSSR count). The van der Waals surface area contributed by atoms with Crippen molar-refractivity contribution in [3.8, 4) is 22.5 Å². The number of aliphatic hydroxyl groups is 1. The maximum atomic E-state index is 9.83. The summed E-state index contributed by atoms with van der Waals surface area (Å²) in [7, 11) is 0. The van der Waals surface area contributed by atoms with Crippen LogP contribution in [0.1, 0.15) is 42.7 Å². The minimum atomic E-state index is 0.184. The number of aromatic nitrogens is 2. The van der Waals surface area contributed by atoms with Crippen LogP contribution in [0, 0.1) is 5.92 Å². The number of aliphatic hydroxyl groups excluding tert-OH is 1. The Hall–Kier alpha value is -4.34. The number of fused-ring (bicyclic) bond motifs is 2. The second-order valence-electron chi connectivity index (χ2n) is 11.1. The van der Waals surface area contributed by atoms with Crippen molar-refractivity contribution in [1.82, 2.24) is 9.97 Å². The highest BCUT2D eigenvalue weighted by atomic mass is 16.3. The molecule has 4 aromatic carbocycles. The molecule has 2 aromatic heterocycles. The van der Waals surface area contributed by atoms with Crippen molar-refractivity contribution in [2.45, 2.75) is 31.6 Å². The van der Waals surface area contributed by atoms with Gasteiger partial charge in [0.15, 0.2) is 0 Å². The number of allylic oxidation sites excluding steroid dienone is 2. The predicted octanol–water partition coefficient (Wildman–Crippen LogP) is 9.20. The van der Waals surface area contributed by atoms with Gasteiger partial charge in [-0.15, -0.1) is 0 Å². The molecule has 0 bridgehead atoms. The molecule has 3 atom stereocenters. The Bertz CT molecular complexity index is 1810. The van der Waals surface area contributed by atoms with Crippen molar-refractivity contribution in [3.05, 3.63) is 132 Å². The molecule has 40 heavy (non-hydrogen) atoms. The SMILES string of the molecule is CC(CCO)C1=C[C@@H](c2c(-c3ccccc3)[nH]c3ccccc23)[C@H](c2c(-c3ccccc3)[nH]c3ccccc23)C1. The lowest BCUT2D eigenvalue weighted by Crippen LogP contribution is -2.08. The van der Waals surface area contributed by atoms with Crippen molar-refractivity contribution in [3.63, 3.8) is 0 Å². The van der Waals surface area contributed by atoms with E-state index in [-0.39, 0.29) is 18.4 Å². The first-order valence-electron chi connectivity index (χ1n) is 14.4. The summed E-state index contributed by atoms with van der Waals surface area (Å²) in [6.07, 6.45) is 4.29. The maximum absolute atomic E-state index is 9.83. The van der Waals surface area contributed by atoms with Gasteiger partial charge in [0, 0.05) is 40.2 Å². The molecule has 3 nitrogen and oxygen atoms in total. The summed E-state index contributed by atoms with van der Waals surface area (Å²) in [5.41, 5.74) is 11.4. The number of hydrogen-bond donors (Lipinski definition) is 3. The molecular weight excluding hydrogens is 488 g/mol. The van der Waals surface area contributed by atoms with E-state index in [9.17, 15) is 5.11 Å². The van der Waals surface area contributed by atoms with Crippen molar-refractivity contribution >= 4 is 21.8 Å². The van der Waals surface area contributed by atoms with Gasteiger partial charge in [0.1, 0.15) is 0 Å². The Labute approximate surface area is 235 Å². The van der Waals surface area contributed by atoms with Crippen LogP contribution in [-0.2, 0) is 0 Å². The highest BCUT2D eigenvalue weighted by molar-refractivity contribution is 5.94. The van der Waals surface area contributed by atoms with E-state index in [0.717, 1.165) is 12.8 Å². The molecule has 0 radical (unpaired) electrons. The Morgan fingerprint density at radius 1 is 0.675 bits per heavy atom. The van der Waals surface area contributed by atoms with Crippen LogP contribution >= 0.6 is 0 Å². The third-order valence-corrected chi connectivity index (χ3v) is 8.80. The van der Waals surface area contributed by atoms with Crippen molar-refractivity contribution in [2.24, 2.45) is 5.92 Å². The number of benzene rings is 4. The molecule has 0 amide bonds. The van der Waals surface area contributed by atoms with Gasteiger partial charge in [-0.3, -0.25) is 0 Å². The molecule has 0 saturated heterocycles. The summed E-state index contributed by atoms with van der Waals surface area (Å²) in [4.78, 5) is 7.60. The zero-order valence-electron chi connectivity index (χ0n) is 22.8. The van der Waals surface area contributed by atoms with Gasteiger partial charge in [0.05, 0.1) is 11.4 Å². The smallest absolute Gasteiger partial charge is 0.0503 e. The third-order valence-electron chi connectivity index (χ3n) is 8.80. The minimum absolute atomic E-state index is 0.184. The summed E-state index contributed by atoms with van der Waals surface area (Å²) < 4.78 is 0. The lowest BCUT2D eigenvalue weighted by Gasteiger charge is -2.23. The van der Waals surface area contributed by atoms with Crippen molar-refractivity contribution in [2.75, 3.05) is 6.61 Å². The summed E-state index contributed by atoms with van der Waals surface area (Å²) in [5, 5.41) is 12.4. The van der Waals surface area contributed by atoms with E-state index in [4.69, 9.17) is 0 Å². The fraction of sp³-hybridized carbons (Fsp3) is 0.189. The largest absolute Gasteiger partial charge is 0.396 e. The van der Waals surface area contributed by atoms with E-state index in [1.54, 1.807) is 0 Å². The zero-order valence-corrected chi connectivity index (χ0v) is 22.8. The number of hydrogen-bond acceptors (Lipinski definition) is 1. The average molecular weight is 523 g/mol. The average Bonchev–Trinajstić information content (AvgIpc) is 3.71. The molecule has 1 aliphatic carbocycles. The standard InChI is InChI=1S/C37H34N2O/c1-24(20-21-40)27-22-30(34-28-16-8-10-18-32(28)38-36(34)25-12-4-2-5-13-25)31(23-27)35-29-17-9-11-19-33(29)39-37(35)26-14-6-3-7-15-26/h2-19,22,24,30-31,38-40H,20-21,23H2,1H3/t24?,30-,31-/m1/s1. The highest BCUT2D eigenvalue weighted by Gasteiger charge is 2.37. The summed E-state index contributed by atoms with van der Waals surface area (Å²) in [6.45, 7) is 2.47. The van der Waals surface area contributed by atoms with Crippen molar-refractivity contribution < 1.29 is 5.11 Å². The summed E-state index contributed by atoms with van der Waals surface area (Å²) >= 11 is 0. The van der Waals surface area contributed by atoms with E-state index >= 15 is 0 Å². The van der Waals surface area contributed by atoms with Gasteiger partial charge >= 0.3 is 0 Å². The van der Waals surface area contributed by atoms with Crippen LogP contribution in [0.15, 0.2) is 121 Å². The number of H-pyrrole nitrogens is 2. The number of aromatic amines is 2. The molecule has 3 heteroatoms. The minimum Gasteiger partial charge on any atom is -0.396 e. The topological polar surface area (TPSA) is 51.8 Å². The maximum Gasteiger partial charge on any atom is 0.0503 e. The first-order valence-corrected chi connectivity index (χ1v) is 14.4. The van der Waals surface area contributed by atoms with Gasteiger partial charge in [-0.2, -0.15) is 0 Å². The van der Waals surface area contributed by atoms with E-state index < -0.39 is 0 Å². The Balaban J connectivity index is 1.49. The van der Waals surface area contributed by atoms with Gasteiger partial charge in [0.25, 0.3) is 0 Å². The molecule has 0 spiro atoms. The number of nitrogens with one attached hydrogen (secondary N) is 2. The molecule has 198 valence electrons. The van der Waals surface area contributed by atoms with Crippen LogP contribution < -0.4 is 0 Å². The monoisotopic (exact) mass is 522 g/mol. The van der Waals surface area contributed by atoms with E-state index in [2.05, 4.69) is 132 Å². The second-order valence-corrected chi connectivity index (χ2v) is 11.1. The van der Waals surface area contributed by atoms with Crippen LogP contribution in [0.5, 0.6) is 0 Å². The lowest BCUT2D eigenvalue weighted by atomic mass is 9.79. The first kappa shape index (κ1) is 24.7. The molecule has 1 unspecified atom stereocenters. The molecule has 2 heterocycles. The molecule has 0 aliphatic heterocycles. The van der Waals surface area contributed by atoms with Gasteiger partial charge < -0.3 is 15.1 Å². The number of rotatable bonds is 7. The Kier molecular flexibility index (Phi) is 6.37. The fourth-order valence-corrected chi connectivity index (χ4v) is 6.83. The molecule has 0 fully saturated rings. The van der Waals surface area contributed by atoms with Crippen LogP contribution in [0.2, 0.25) is 0 Å². The van der Waals surface area contributed by atoms with E-state index in [1.165, 1.54) is 61.0 Å². The Morgan fingerprint density at radius 3 is 1.75 bits per heavy atom. The summed E-state index contributed by atoms with van der Waals surface area (Å²) in [5.74, 6) is 0.765. The third kappa shape index (κ3) is 4.18. The van der Waals surface area contributed by atoms with Crippen molar-refractivity contribution in [1.29, 1.82) is 0 Å². The van der Waals surface area contributed by atoms with Crippen LogP contribution in [0.25, 0.3) is 44.3 Å². The van der Waals surface area contributed by atoms with Gasteiger partial charge in [-0.05, 0) is 53.1 Å². The van der Waals surface area contributed by atoms with Gasteiger partial charge in [0.2, 0.25) is 0 Å². The second kappa shape index (κ2) is 10.3. The lowest BCUT2D eigenvalue weighted by molar-refractivity contribution is 0.270. The van der Waals surface area contributed by atoms with Crippen LogP contribution in [-0.4, -0.2) is 21.7 Å². The molecule has 1 aliphatic rings. The zero-order chi connectivity index (χ0) is 27.1. The normalized spacial score (nSPS) is 17.9. The van der Waals surface area contributed by atoms with Crippen LogP contribution in [0.3, 0.4) is 0 Å². The number of para-hydroxylation sites is 2. The molecule has 0 saturated carbocycles.